The number of piperazine rings is 1. The molecular formula is C11H22N2O. The average Bonchev–Trinajstić information content (AvgIpc) is 2.06. The van der Waals surface area contributed by atoms with E-state index in [1.807, 2.05) is 7.11 Å². The predicted molar refractivity (Wildman–Crippen MR) is 57.5 cm³/mol. The first-order chi connectivity index (χ1) is 6.70. The third-order valence-electron chi connectivity index (χ3n) is 3.75. The van der Waals surface area contributed by atoms with Crippen LogP contribution in [0.15, 0.2) is 0 Å². The van der Waals surface area contributed by atoms with Gasteiger partial charge >= 0.3 is 0 Å². The Bertz CT molecular complexity index is 192. The second-order valence-corrected chi connectivity index (χ2v) is 4.83. The quantitative estimate of drug-likeness (QED) is 0.653. The molecule has 0 unspecified atom stereocenters. The number of nitrogens with zero attached hydrogens (tertiary/aromatic N) is 2. The fourth-order valence-electron chi connectivity index (χ4n) is 2.70. The van der Waals surface area contributed by atoms with E-state index < -0.39 is 0 Å². The zero-order chi connectivity index (χ0) is 10.1. The zero-order valence-corrected chi connectivity index (χ0v) is 9.57. The van der Waals surface area contributed by atoms with Gasteiger partial charge in [-0.3, -0.25) is 4.90 Å². The summed E-state index contributed by atoms with van der Waals surface area (Å²) in [5.74, 6) is 0. The fraction of sp³-hybridized carbons (Fsp3) is 1.00. The van der Waals surface area contributed by atoms with Crippen molar-refractivity contribution < 1.29 is 4.74 Å². The van der Waals surface area contributed by atoms with Crippen LogP contribution in [0, 0.1) is 0 Å². The fourth-order valence-corrected chi connectivity index (χ4v) is 2.70. The standard InChI is InChI=1S/C11H22N2O/c1-9-8-12(2)4-5-13(9)10-6-11(7-10)14-3/h9-11H,4-8H2,1-3H3/t9-,10-,11-/m0/s1. The lowest BCUT2D eigenvalue weighted by molar-refractivity contribution is -0.0547. The van der Waals surface area contributed by atoms with Gasteiger partial charge in [0, 0.05) is 38.8 Å². The SMILES string of the molecule is CO[C@H]1C[C@H](N2CCN(C)C[C@@H]2C)C1. The van der Waals surface area contributed by atoms with Gasteiger partial charge in [-0.25, -0.2) is 0 Å². The van der Waals surface area contributed by atoms with Crippen molar-refractivity contribution >= 4 is 0 Å². The van der Waals surface area contributed by atoms with E-state index in [1.54, 1.807) is 0 Å². The van der Waals surface area contributed by atoms with Crippen LogP contribution in [0.4, 0.5) is 0 Å². The second kappa shape index (κ2) is 4.17. The molecule has 0 bridgehead atoms. The monoisotopic (exact) mass is 198 g/mol. The molecule has 0 N–H and O–H groups in total. The molecule has 0 aromatic heterocycles. The van der Waals surface area contributed by atoms with E-state index in [2.05, 4.69) is 23.8 Å². The number of rotatable bonds is 2. The molecule has 2 rings (SSSR count). The number of hydrogen-bond acceptors (Lipinski definition) is 3. The van der Waals surface area contributed by atoms with E-state index in [1.165, 1.54) is 32.5 Å². The van der Waals surface area contributed by atoms with Gasteiger partial charge in [0.15, 0.2) is 0 Å². The molecular weight excluding hydrogens is 176 g/mol. The molecule has 0 aromatic carbocycles. The van der Waals surface area contributed by atoms with E-state index >= 15 is 0 Å². The van der Waals surface area contributed by atoms with E-state index in [4.69, 9.17) is 4.74 Å². The highest BCUT2D eigenvalue weighted by Crippen LogP contribution is 2.30. The van der Waals surface area contributed by atoms with Gasteiger partial charge in [0.2, 0.25) is 0 Å². The van der Waals surface area contributed by atoms with Crippen molar-refractivity contribution in [3.05, 3.63) is 0 Å². The van der Waals surface area contributed by atoms with Crippen molar-refractivity contribution in [2.24, 2.45) is 0 Å². The van der Waals surface area contributed by atoms with Crippen LogP contribution >= 0.6 is 0 Å². The van der Waals surface area contributed by atoms with Crippen LogP contribution in [0.5, 0.6) is 0 Å². The van der Waals surface area contributed by atoms with Gasteiger partial charge in [0.05, 0.1) is 6.10 Å². The zero-order valence-electron chi connectivity index (χ0n) is 9.57. The molecule has 1 saturated carbocycles. The van der Waals surface area contributed by atoms with Crippen LogP contribution in [0.1, 0.15) is 19.8 Å². The Hall–Kier alpha value is -0.120. The Morgan fingerprint density at radius 1 is 1.21 bits per heavy atom. The average molecular weight is 198 g/mol. The molecule has 1 saturated heterocycles. The van der Waals surface area contributed by atoms with Crippen molar-refractivity contribution in [1.82, 2.24) is 9.80 Å². The highest BCUT2D eigenvalue weighted by Gasteiger charge is 2.37. The summed E-state index contributed by atoms with van der Waals surface area (Å²) in [6, 6.07) is 1.51. The predicted octanol–water partition coefficient (Wildman–Crippen LogP) is 0.800. The Balaban J connectivity index is 1.81. The Morgan fingerprint density at radius 2 is 1.93 bits per heavy atom. The summed E-state index contributed by atoms with van der Waals surface area (Å²) in [7, 11) is 4.04. The first-order valence-electron chi connectivity index (χ1n) is 5.67. The first-order valence-corrected chi connectivity index (χ1v) is 5.67. The van der Waals surface area contributed by atoms with Gasteiger partial charge in [-0.1, -0.05) is 0 Å². The van der Waals surface area contributed by atoms with Gasteiger partial charge in [0.1, 0.15) is 0 Å². The molecule has 0 aromatic rings. The third-order valence-corrected chi connectivity index (χ3v) is 3.75. The van der Waals surface area contributed by atoms with Crippen LogP contribution in [-0.4, -0.2) is 61.8 Å². The smallest absolute Gasteiger partial charge is 0.0601 e. The molecule has 1 aliphatic carbocycles. The molecule has 1 heterocycles. The second-order valence-electron chi connectivity index (χ2n) is 4.83. The van der Waals surface area contributed by atoms with Gasteiger partial charge < -0.3 is 9.64 Å². The molecule has 0 radical (unpaired) electrons. The number of likely N-dealkylation sites (N-methyl/N-ethyl adjacent to an activating group) is 1. The first kappa shape index (κ1) is 10.4. The lowest BCUT2D eigenvalue weighted by Gasteiger charge is -2.48. The van der Waals surface area contributed by atoms with Crippen molar-refractivity contribution in [2.75, 3.05) is 33.8 Å². The van der Waals surface area contributed by atoms with Crippen LogP contribution in [-0.2, 0) is 4.74 Å². The summed E-state index contributed by atoms with van der Waals surface area (Å²) in [5, 5.41) is 0. The Kier molecular flexibility index (Phi) is 3.10. The minimum absolute atomic E-state index is 0.534. The van der Waals surface area contributed by atoms with Gasteiger partial charge in [-0.05, 0) is 26.8 Å². The molecule has 82 valence electrons. The summed E-state index contributed by atoms with van der Waals surface area (Å²) in [6.07, 6.45) is 3.02. The van der Waals surface area contributed by atoms with Crippen LogP contribution in [0.2, 0.25) is 0 Å². The molecule has 14 heavy (non-hydrogen) atoms. The molecule has 1 atom stereocenters. The molecule has 2 fully saturated rings. The number of hydrogen-bond donors (Lipinski definition) is 0. The highest BCUT2D eigenvalue weighted by atomic mass is 16.5. The van der Waals surface area contributed by atoms with Gasteiger partial charge in [-0.15, -0.1) is 0 Å². The van der Waals surface area contributed by atoms with E-state index in [0.717, 1.165) is 12.1 Å². The maximum Gasteiger partial charge on any atom is 0.0601 e. The van der Waals surface area contributed by atoms with Gasteiger partial charge in [-0.2, -0.15) is 0 Å². The minimum atomic E-state index is 0.534. The van der Waals surface area contributed by atoms with Crippen LogP contribution < -0.4 is 0 Å². The molecule has 0 spiro atoms. The Morgan fingerprint density at radius 3 is 2.50 bits per heavy atom. The third kappa shape index (κ3) is 1.95. The van der Waals surface area contributed by atoms with Crippen molar-refractivity contribution in [1.29, 1.82) is 0 Å². The van der Waals surface area contributed by atoms with Crippen molar-refractivity contribution in [3.8, 4) is 0 Å². The summed E-state index contributed by atoms with van der Waals surface area (Å²) >= 11 is 0. The van der Waals surface area contributed by atoms with E-state index in [-0.39, 0.29) is 0 Å². The largest absolute Gasteiger partial charge is 0.381 e. The maximum atomic E-state index is 5.33. The summed E-state index contributed by atoms with van der Waals surface area (Å²) in [5.41, 5.74) is 0. The van der Waals surface area contributed by atoms with E-state index in [0.29, 0.717) is 6.10 Å². The summed E-state index contributed by atoms with van der Waals surface area (Å²) < 4.78 is 5.33. The highest BCUT2D eigenvalue weighted by molar-refractivity contribution is 4.92. The van der Waals surface area contributed by atoms with Crippen LogP contribution in [0.25, 0.3) is 0 Å². The lowest BCUT2D eigenvalue weighted by atomic mass is 9.86. The molecule has 3 nitrogen and oxygen atoms in total. The Labute approximate surface area is 87.0 Å². The summed E-state index contributed by atoms with van der Waals surface area (Å²) in [6.45, 7) is 6.02. The van der Waals surface area contributed by atoms with Crippen LogP contribution in [0.3, 0.4) is 0 Å². The number of methoxy groups -OCH3 is 1. The molecule has 2 aliphatic rings. The van der Waals surface area contributed by atoms with Crippen molar-refractivity contribution in [2.45, 2.75) is 38.0 Å². The minimum Gasteiger partial charge on any atom is -0.381 e. The van der Waals surface area contributed by atoms with Gasteiger partial charge in [0.25, 0.3) is 0 Å². The molecule has 0 amide bonds. The topological polar surface area (TPSA) is 15.7 Å². The molecule has 1 aliphatic heterocycles. The number of ether oxygens (including phenoxy) is 1. The summed E-state index contributed by atoms with van der Waals surface area (Å²) in [4.78, 5) is 5.09. The molecule has 3 heteroatoms. The maximum absolute atomic E-state index is 5.33. The van der Waals surface area contributed by atoms with Crippen molar-refractivity contribution in [3.63, 3.8) is 0 Å². The lowest BCUT2D eigenvalue weighted by Crippen LogP contribution is -2.58. The van der Waals surface area contributed by atoms with E-state index in [9.17, 15) is 0 Å². The normalized spacial score (nSPS) is 40.9.